The lowest BCUT2D eigenvalue weighted by Crippen LogP contribution is -2.16. The predicted molar refractivity (Wildman–Crippen MR) is 80.5 cm³/mol. The van der Waals surface area contributed by atoms with Gasteiger partial charge in [-0.3, -0.25) is 0 Å². The standard InChI is InChI=1S/C16H18N2O3/c17-16(18-20)14-7-3-1-6-13(14)11-21-15-8-4-2-5-12(15)9-10-19/h1-8,19-20H,9-11H2,(H2,17,18). The largest absolute Gasteiger partial charge is 0.489 e. The van der Waals surface area contributed by atoms with Gasteiger partial charge in [-0.15, -0.1) is 0 Å². The number of aliphatic hydroxyl groups is 1. The van der Waals surface area contributed by atoms with Gasteiger partial charge in [-0.1, -0.05) is 47.6 Å². The molecule has 0 aliphatic carbocycles. The van der Waals surface area contributed by atoms with Crippen LogP contribution < -0.4 is 10.5 Å². The molecular formula is C16H18N2O3. The molecule has 0 aromatic heterocycles. The second-order valence-electron chi connectivity index (χ2n) is 4.51. The summed E-state index contributed by atoms with van der Waals surface area (Å²) >= 11 is 0. The number of aliphatic hydroxyl groups excluding tert-OH is 1. The van der Waals surface area contributed by atoms with E-state index in [1.54, 1.807) is 6.07 Å². The summed E-state index contributed by atoms with van der Waals surface area (Å²) in [5, 5.41) is 20.9. The van der Waals surface area contributed by atoms with Crippen LogP contribution in [0.3, 0.4) is 0 Å². The molecule has 0 saturated heterocycles. The molecule has 0 spiro atoms. The van der Waals surface area contributed by atoms with E-state index >= 15 is 0 Å². The van der Waals surface area contributed by atoms with Crippen LogP contribution in [-0.2, 0) is 13.0 Å². The molecule has 4 N–H and O–H groups in total. The monoisotopic (exact) mass is 286 g/mol. The molecule has 0 saturated carbocycles. The lowest BCUT2D eigenvalue weighted by molar-refractivity contribution is 0.283. The highest BCUT2D eigenvalue weighted by atomic mass is 16.5. The lowest BCUT2D eigenvalue weighted by atomic mass is 10.1. The highest BCUT2D eigenvalue weighted by Gasteiger charge is 2.08. The molecule has 5 nitrogen and oxygen atoms in total. The molecule has 5 heteroatoms. The highest BCUT2D eigenvalue weighted by molar-refractivity contribution is 5.98. The minimum Gasteiger partial charge on any atom is -0.489 e. The molecule has 0 amide bonds. The first-order chi connectivity index (χ1) is 10.3. The average molecular weight is 286 g/mol. The first kappa shape index (κ1) is 14.9. The number of para-hydroxylation sites is 1. The molecule has 0 unspecified atom stereocenters. The molecule has 2 rings (SSSR count). The zero-order valence-corrected chi connectivity index (χ0v) is 11.6. The molecule has 0 bridgehead atoms. The van der Waals surface area contributed by atoms with E-state index in [4.69, 9.17) is 20.8 Å². The fourth-order valence-electron chi connectivity index (χ4n) is 2.08. The molecule has 0 aliphatic rings. The summed E-state index contributed by atoms with van der Waals surface area (Å²) in [6, 6.07) is 14.9. The molecular weight excluding hydrogens is 268 g/mol. The predicted octanol–water partition coefficient (Wildman–Crippen LogP) is 1.89. The van der Waals surface area contributed by atoms with E-state index in [0.29, 0.717) is 18.6 Å². The minimum atomic E-state index is 0.0536. The molecule has 2 aromatic carbocycles. The van der Waals surface area contributed by atoms with Crippen LogP contribution in [0.25, 0.3) is 0 Å². The normalized spacial score (nSPS) is 11.4. The summed E-state index contributed by atoms with van der Waals surface area (Å²) in [5.41, 5.74) is 8.06. The van der Waals surface area contributed by atoms with E-state index < -0.39 is 0 Å². The van der Waals surface area contributed by atoms with Crippen LogP contribution in [0.4, 0.5) is 0 Å². The van der Waals surface area contributed by atoms with Crippen molar-refractivity contribution in [3.63, 3.8) is 0 Å². The molecule has 0 aliphatic heterocycles. The highest BCUT2D eigenvalue weighted by Crippen LogP contribution is 2.20. The number of oxime groups is 1. The van der Waals surface area contributed by atoms with Crippen LogP contribution >= 0.6 is 0 Å². The number of nitrogens with zero attached hydrogens (tertiary/aromatic N) is 1. The van der Waals surface area contributed by atoms with Crippen LogP contribution in [0.2, 0.25) is 0 Å². The van der Waals surface area contributed by atoms with Crippen molar-refractivity contribution < 1.29 is 15.1 Å². The van der Waals surface area contributed by atoms with E-state index in [-0.39, 0.29) is 12.4 Å². The van der Waals surface area contributed by atoms with E-state index in [2.05, 4.69) is 5.16 Å². The second kappa shape index (κ2) is 7.31. The van der Waals surface area contributed by atoms with Crippen molar-refractivity contribution in [1.29, 1.82) is 0 Å². The van der Waals surface area contributed by atoms with Gasteiger partial charge in [0.25, 0.3) is 0 Å². The smallest absolute Gasteiger partial charge is 0.170 e. The number of hydrogen-bond acceptors (Lipinski definition) is 4. The Morgan fingerprint density at radius 2 is 1.71 bits per heavy atom. The number of nitrogens with two attached hydrogens (primary N) is 1. The van der Waals surface area contributed by atoms with E-state index in [0.717, 1.165) is 16.9 Å². The minimum absolute atomic E-state index is 0.0536. The van der Waals surface area contributed by atoms with Crippen molar-refractivity contribution in [2.75, 3.05) is 6.61 Å². The van der Waals surface area contributed by atoms with Gasteiger partial charge >= 0.3 is 0 Å². The summed E-state index contributed by atoms with van der Waals surface area (Å²) in [5.74, 6) is 0.777. The lowest BCUT2D eigenvalue weighted by Gasteiger charge is -2.13. The van der Waals surface area contributed by atoms with Gasteiger partial charge in [0.1, 0.15) is 12.4 Å². The zero-order chi connectivity index (χ0) is 15.1. The van der Waals surface area contributed by atoms with Gasteiger partial charge in [-0.05, 0) is 18.1 Å². The third-order valence-electron chi connectivity index (χ3n) is 3.14. The van der Waals surface area contributed by atoms with Gasteiger partial charge in [-0.25, -0.2) is 0 Å². The van der Waals surface area contributed by atoms with E-state index in [1.807, 2.05) is 42.5 Å². The molecule has 0 atom stereocenters. The van der Waals surface area contributed by atoms with E-state index in [1.165, 1.54) is 0 Å². The first-order valence-corrected chi connectivity index (χ1v) is 6.63. The summed E-state index contributed by atoms with van der Waals surface area (Å²) < 4.78 is 5.81. The Labute approximate surface area is 123 Å². The molecule has 2 aromatic rings. The summed E-state index contributed by atoms with van der Waals surface area (Å²) in [7, 11) is 0. The SMILES string of the molecule is N/C(=N/O)c1ccccc1COc1ccccc1CCO. The average Bonchev–Trinajstić information content (AvgIpc) is 2.54. The van der Waals surface area contributed by atoms with Gasteiger partial charge in [0.15, 0.2) is 5.84 Å². The third-order valence-corrected chi connectivity index (χ3v) is 3.14. The Kier molecular flexibility index (Phi) is 5.17. The Morgan fingerprint density at radius 1 is 1.05 bits per heavy atom. The van der Waals surface area contributed by atoms with E-state index in [9.17, 15) is 0 Å². The number of benzene rings is 2. The fraction of sp³-hybridized carbons (Fsp3) is 0.188. The van der Waals surface area contributed by atoms with Crippen molar-refractivity contribution in [2.24, 2.45) is 10.9 Å². The number of rotatable bonds is 6. The summed E-state index contributed by atoms with van der Waals surface area (Å²) in [4.78, 5) is 0. The molecule has 110 valence electrons. The van der Waals surface area contributed by atoms with Crippen LogP contribution in [0.1, 0.15) is 16.7 Å². The van der Waals surface area contributed by atoms with Gasteiger partial charge < -0.3 is 20.8 Å². The Morgan fingerprint density at radius 3 is 2.43 bits per heavy atom. The topological polar surface area (TPSA) is 88.1 Å². The first-order valence-electron chi connectivity index (χ1n) is 6.63. The molecule has 0 fully saturated rings. The fourth-order valence-corrected chi connectivity index (χ4v) is 2.08. The summed E-state index contributed by atoms with van der Waals surface area (Å²) in [6.07, 6.45) is 0.540. The number of amidine groups is 1. The van der Waals surface area contributed by atoms with Gasteiger partial charge in [0.05, 0.1) is 0 Å². The van der Waals surface area contributed by atoms with Crippen LogP contribution in [-0.4, -0.2) is 22.8 Å². The van der Waals surface area contributed by atoms with Crippen molar-refractivity contribution in [1.82, 2.24) is 0 Å². The van der Waals surface area contributed by atoms with Crippen molar-refractivity contribution >= 4 is 5.84 Å². The molecule has 21 heavy (non-hydrogen) atoms. The van der Waals surface area contributed by atoms with Gasteiger partial charge in [0, 0.05) is 17.7 Å². The van der Waals surface area contributed by atoms with Crippen LogP contribution in [0, 0.1) is 0 Å². The Bertz CT molecular complexity index is 626. The van der Waals surface area contributed by atoms with Crippen LogP contribution in [0.5, 0.6) is 5.75 Å². The maximum absolute atomic E-state index is 9.06. The quantitative estimate of drug-likeness (QED) is 0.327. The van der Waals surface area contributed by atoms with Gasteiger partial charge in [0.2, 0.25) is 0 Å². The maximum atomic E-state index is 9.06. The second-order valence-corrected chi connectivity index (χ2v) is 4.51. The van der Waals surface area contributed by atoms with Crippen molar-refractivity contribution in [3.8, 4) is 5.75 Å². The van der Waals surface area contributed by atoms with Crippen molar-refractivity contribution in [3.05, 3.63) is 65.2 Å². The van der Waals surface area contributed by atoms with Crippen LogP contribution in [0.15, 0.2) is 53.7 Å². The molecule has 0 heterocycles. The zero-order valence-electron chi connectivity index (χ0n) is 11.6. The van der Waals surface area contributed by atoms with Crippen molar-refractivity contribution in [2.45, 2.75) is 13.0 Å². The Balaban J connectivity index is 2.17. The number of hydrogen-bond donors (Lipinski definition) is 3. The molecule has 0 radical (unpaired) electrons. The Hall–Kier alpha value is -2.53. The summed E-state index contributed by atoms with van der Waals surface area (Å²) in [6.45, 7) is 0.371. The maximum Gasteiger partial charge on any atom is 0.170 e. The van der Waals surface area contributed by atoms with Gasteiger partial charge in [-0.2, -0.15) is 0 Å². The number of ether oxygens (including phenoxy) is 1. The third kappa shape index (κ3) is 3.73.